The van der Waals surface area contributed by atoms with Gasteiger partial charge in [0.25, 0.3) is 0 Å². The van der Waals surface area contributed by atoms with Gasteiger partial charge in [0.05, 0.1) is 0 Å². The maximum absolute atomic E-state index is 12.2. The zero-order valence-corrected chi connectivity index (χ0v) is 12.8. The fourth-order valence-electron chi connectivity index (χ4n) is 2.30. The van der Waals surface area contributed by atoms with Gasteiger partial charge < -0.3 is 10.6 Å². The maximum Gasteiger partial charge on any atom is 0.240 e. The Labute approximate surface area is 115 Å². The molecule has 0 aromatic heterocycles. The molecule has 18 heavy (non-hydrogen) atoms. The first-order valence-corrected chi connectivity index (χ1v) is 7.94. The molecule has 0 aromatic carbocycles. The molecule has 0 saturated carbocycles. The van der Waals surface area contributed by atoms with Gasteiger partial charge in [0.2, 0.25) is 5.91 Å². The third-order valence-electron chi connectivity index (χ3n) is 3.63. The van der Waals surface area contributed by atoms with Gasteiger partial charge >= 0.3 is 0 Å². The summed E-state index contributed by atoms with van der Waals surface area (Å²) in [6.07, 6.45) is 3.05. The summed E-state index contributed by atoms with van der Waals surface area (Å²) < 4.78 is 22.8. The summed E-state index contributed by atoms with van der Waals surface area (Å²) >= 11 is 0. The number of amides is 1. The number of hydrogen-bond donors (Lipinski definition) is 1. The Balaban J connectivity index is 0.00000289. The minimum atomic E-state index is -3.33. The SMILES string of the molecule is CC1CCCN(C(=O)C(C)S(C)(=O)=O)C1CN.Cl. The Bertz CT molecular complexity index is 386. The van der Waals surface area contributed by atoms with Crippen LogP contribution < -0.4 is 5.73 Å². The molecule has 0 aliphatic carbocycles. The smallest absolute Gasteiger partial charge is 0.240 e. The van der Waals surface area contributed by atoms with E-state index in [2.05, 4.69) is 6.92 Å². The van der Waals surface area contributed by atoms with E-state index in [-0.39, 0.29) is 24.4 Å². The van der Waals surface area contributed by atoms with Gasteiger partial charge in [0.1, 0.15) is 5.25 Å². The van der Waals surface area contributed by atoms with Crippen molar-refractivity contribution in [2.45, 2.75) is 38.0 Å². The molecule has 3 unspecified atom stereocenters. The summed E-state index contributed by atoms with van der Waals surface area (Å²) in [6.45, 7) is 4.51. The van der Waals surface area contributed by atoms with Gasteiger partial charge in [-0.15, -0.1) is 12.4 Å². The van der Waals surface area contributed by atoms with Gasteiger partial charge in [0, 0.05) is 25.4 Å². The first kappa shape index (κ1) is 17.7. The molecule has 0 bridgehead atoms. The van der Waals surface area contributed by atoms with Crippen LogP contribution in [0.25, 0.3) is 0 Å². The average Bonchev–Trinajstić information content (AvgIpc) is 2.25. The van der Waals surface area contributed by atoms with E-state index in [0.717, 1.165) is 19.1 Å². The third kappa shape index (κ3) is 3.83. The lowest BCUT2D eigenvalue weighted by Gasteiger charge is -2.40. The second-order valence-electron chi connectivity index (χ2n) is 4.93. The summed E-state index contributed by atoms with van der Waals surface area (Å²) in [5.41, 5.74) is 5.69. The van der Waals surface area contributed by atoms with Crippen LogP contribution in [-0.2, 0) is 14.6 Å². The molecule has 1 amide bonds. The van der Waals surface area contributed by atoms with Crippen LogP contribution in [0.3, 0.4) is 0 Å². The fraction of sp³-hybridized carbons (Fsp3) is 0.909. The van der Waals surface area contributed by atoms with E-state index in [1.165, 1.54) is 6.92 Å². The molecule has 1 fully saturated rings. The molecule has 0 spiro atoms. The zero-order chi connectivity index (χ0) is 13.2. The number of nitrogens with two attached hydrogens (primary N) is 1. The van der Waals surface area contributed by atoms with Crippen molar-refractivity contribution in [1.29, 1.82) is 0 Å². The molecule has 1 rings (SSSR count). The summed E-state index contributed by atoms with van der Waals surface area (Å²) in [5.74, 6) is 0.0268. The highest BCUT2D eigenvalue weighted by molar-refractivity contribution is 7.92. The maximum atomic E-state index is 12.2. The predicted octanol–water partition coefficient (Wildman–Crippen LogP) is 0.427. The number of carbonyl (C=O) groups excluding carboxylic acids is 1. The normalized spacial score (nSPS) is 26.3. The van der Waals surface area contributed by atoms with Crippen molar-refractivity contribution < 1.29 is 13.2 Å². The Kier molecular flexibility index (Phi) is 6.60. The summed E-state index contributed by atoms with van der Waals surface area (Å²) in [6, 6.07) is -0.0274. The Morgan fingerprint density at radius 2 is 2.06 bits per heavy atom. The molecule has 7 heteroatoms. The topological polar surface area (TPSA) is 80.5 Å². The Morgan fingerprint density at radius 1 is 1.50 bits per heavy atom. The van der Waals surface area contributed by atoms with Gasteiger partial charge in [-0.2, -0.15) is 0 Å². The van der Waals surface area contributed by atoms with Crippen LogP contribution in [0.4, 0.5) is 0 Å². The highest BCUT2D eigenvalue weighted by Crippen LogP contribution is 2.24. The van der Waals surface area contributed by atoms with Gasteiger partial charge in [-0.1, -0.05) is 6.92 Å². The van der Waals surface area contributed by atoms with E-state index in [4.69, 9.17) is 5.73 Å². The van der Waals surface area contributed by atoms with E-state index in [1.807, 2.05) is 0 Å². The van der Waals surface area contributed by atoms with Gasteiger partial charge in [-0.05, 0) is 25.7 Å². The zero-order valence-electron chi connectivity index (χ0n) is 11.1. The lowest BCUT2D eigenvalue weighted by molar-refractivity contribution is -0.135. The first-order valence-electron chi connectivity index (χ1n) is 5.98. The van der Waals surface area contributed by atoms with Gasteiger partial charge in [-0.25, -0.2) is 8.42 Å². The number of piperidine rings is 1. The molecule has 3 atom stereocenters. The molecule has 5 nitrogen and oxygen atoms in total. The van der Waals surface area contributed by atoms with Crippen LogP contribution >= 0.6 is 12.4 Å². The van der Waals surface area contributed by atoms with Crippen LogP contribution in [0.1, 0.15) is 26.7 Å². The Hall–Kier alpha value is -0.330. The number of sulfone groups is 1. The lowest BCUT2D eigenvalue weighted by atomic mass is 9.90. The molecule has 1 aliphatic rings. The summed E-state index contributed by atoms with van der Waals surface area (Å²) in [4.78, 5) is 13.8. The third-order valence-corrected chi connectivity index (χ3v) is 5.12. The number of nitrogens with zero attached hydrogens (tertiary/aromatic N) is 1. The predicted molar refractivity (Wildman–Crippen MR) is 74.5 cm³/mol. The standard InChI is InChI=1S/C11H22N2O3S.ClH/c1-8-5-4-6-13(10(8)7-12)11(14)9(2)17(3,15)16;/h8-10H,4-7,12H2,1-3H3;1H. The van der Waals surface area contributed by atoms with Crippen LogP contribution in [0, 0.1) is 5.92 Å². The van der Waals surface area contributed by atoms with Crippen molar-refractivity contribution in [2.24, 2.45) is 11.7 Å². The van der Waals surface area contributed by atoms with Crippen molar-refractivity contribution >= 4 is 28.2 Å². The lowest BCUT2D eigenvalue weighted by Crippen LogP contribution is -2.54. The highest BCUT2D eigenvalue weighted by atomic mass is 35.5. The van der Waals surface area contributed by atoms with Crippen LogP contribution in [-0.4, -0.2) is 49.9 Å². The molecule has 0 aromatic rings. The van der Waals surface area contributed by atoms with Gasteiger partial charge in [-0.3, -0.25) is 4.79 Å². The fourth-order valence-corrected chi connectivity index (χ4v) is 2.80. The van der Waals surface area contributed by atoms with Crippen molar-refractivity contribution in [3.05, 3.63) is 0 Å². The monoisotopic (exact) mass is 298 g/mol. The minimum absolute atomic E-state index is 0. The number of rotatable bonds is 3. The largest absolute Gasteiger partial charge is 0.337 e. The van der Waals surface area contributed by atoms with Crippen molar-refractivity contribution in [1.82, 2.24) is 4.90 Å². The molecule has 1 saturated heterocycles. The quantitative estimate of drug-likeness (QED) is 0.819. The first-order chi connectivity index (χ1) is 7.79. The van der Waals surface area contributed by atoms with Crippen LogP contribution in [0.15, 0.2) is 0 Å². The number of hydrogen-bond acceptors (Lipinski definition) is 4. The van der Waals surface area contributed by atoms with E-state index >= 15 is 0 Å². The van der Waals surface area contributed by atoms with E-state index in [0.29, 0.717) is 19.0 Å². The molecule has 0 radical (unpaired) electrons. The molecule has 108 valence electrons. The second kappa shape index (κ2) is 6.73. The minimum Gasteiger partial charge on any atom is -0.337 e. The highest BCUT2D eigenvalue weighted by Gasteiger charge is 2.35. The summed E-state index contributed by atoms with van der Waals surface area (Å²) in [5, 5.41) is -0.971. The summed E-state index contributed by atoms with van der Waals surface area (Å²) in [7, 11) is -3.33. The van der Waals surface area contributed by atoms with E-state index in [9.17, 15) is 13.2 Å². The molecule has 1 heterocycles. The second-order valence-corrected chi connectivity index (χ2v) is 7.29. The van der Waals surface area contributed by atoms with Crippen molar-refractivity contribution in [2.75, 3.05) is 19.3 Å². The van der Waals surface area contributed by atoms with E-state index < -0.39 is 15.1 Å². The molecular formula is C11H23ClN2O3S. The Morgan fingerprint density at radius 3 is 2.50 bits per heavy atom. The molecule has 1 aliphatic heterocycles. The molecule has 2 N–H and O–H groups in total. The van der Waals surface area contributed by atoms with Crippen LogP contribution in [0.2, 0.25) is 0 Å². The van der Waals surface area contributed by atoms with Crippen LogP contribution in [0.5, 0.6) is 0 Å². The van der Waals surface area contributed by atoms with Gasteiger partial charge in [0.15, 0.2) is 9.84 Å². The van der Waals surface area contributed by atoms with Crippen molar-refractivity contribution in [3.63, 3.8) is 0 Å². The number of halogens is 1. The number of carbonyl (C=O) groups is 1. The van der Waals surface area contributed by atoms with Crippen molar-refractivity contribution in [3.8, 4) is 0 Å². The molecular weight excluding hydrogens is 276 g/mol. The van der Waals surface area contributed by atoms with E-state index in [1.54, 1.807) is 4.90 Å². The number of likely N-dealkylation sites (tertiary alicyclic amines) is 1. The average molecular weight is 299 g/mol.